The van der Waals surface area contributed by atoms with Gasteiger partial charge in [-0.15, -0.1) is 0 Å². The van der Waals surface area contributed by atoms with E-state index in [1.807, 2.05) is 36.3 Å². The summed E-state index contributed by atoms with van der Waals surface area (Å²) in [6, 6.07) is 9.47. The molecular weight excluding hydrogens is 268 g/mol. The lowest BCUT2D eigenvalue weighted by atomic mass is 9.90. The first-order valence-corrected chi connectivity index (χ1v) is 6.52. The van der Waals surface area contributed by atoms with Crippen LogP contribution in [0.15, 0.2) is 59.3 Å². The number of hydroxylamine groups is 1. The Hall–Kier alpha value is -2.62. The third-order valence-electron chi connectivity index (χ3n) is 3.28. The van der Waals surface area contributed by atoms with Crippen LogP contribution in [0, 0.1) is 5.92 Å². The predicted molar refractivity (Wildman–Crippen MR) is 78.1 cm³/mol. The molecule has 0 spiro atoms. The van der Waals surface area contributed by atoms with Crippen molar-refractivity contribution in [1.82, 2.24) is 5.48 Å². The maximum atomic E-state index is 12.0. The number of rotatable bonds is 4. The van der Waals surface area contributed by atoms with E-state index in [0.717, 1.165) is 5.56 Å². The molecule has 2 rings (SSSR count). The molecule has 1 aliphatic rings. The zero-order valence-electron chi connectivity index (χ0n) is 11.6. The number of carbonyl (C=O) groups excluding carboxylic acids is 2. The van der Waals surface area contributed by atoms with Crippen LogP contribution >= 0.6 is 0 Å². The van der Waals surface area contributed by atoms with Crippen LogP contribution < -0.4 is 11.2 Å². The van der Waals surface area contributed by atoms with E-state index in [2.05, 4.69) is 5.48 Å². The Morgan fingerprint density at radius 3 is 2.71 bits per heavy atom. The fourth-order valence-electron chi connectivity index (χ4n) is 1.96. The minimum atomic E-state index is -0.434. The Morgan fingerprint density at radius 1 is 1.33 bits per heavy atom. The van der Waals surface area contributed by atoms with Gasteiger partial charge in [-0.3, -0.25) is 9.63 Å². The van der Waals surface area contributed by atoms with Gasteiger partial charge in [0, 0.05) is 17.2 Å². The summed E-state index contributed by atoms with van der Waals surface area (Å²) in [6.45, 7) is 2.01. The summed E-state index contributed by atoms with van der Waals surface area (Å²) in [5.41, 5.74) is 10.2. The highest BCUT2D eigenvalue weighted by Gasteiger charge is 2.22. The largest absolute Gasteiger partial charge is 0.401 e. The van der Waals surface area contributed by atoms with Crippen molar-refractivity contribution >= 4 is 11.8 Å². The zero-order chi connectivity index (χ0) is 15.2. The summed E-state index contributed by atoms with van der Waals surface area (Å²) in [4.78, 5) is 27.9. The van der Waals surface area contributed by atoms with Crippen molar-refractivity contribution in [3.63, 3.8) is 0 Å². The first-order chi connectivity index (χ1) is 10.1. The van der Waals surface area contributed by atoms with Crippen LogP contribution in [0.25, 0.3) is 0 Å². The topological polar surface area (TPSA) is 81.4 Å². The number of benzene rings is 1. The lowest BCUT2D eigenvalue weighted by molar-refractivity contribution is -0.130. The third kappa shape index (κ3) is 3.48. The number of hydrogen-bond donors (Lipinski definition) is 2. The van der Waals surface area contributed by atoms with E-state index in [0.29, 0.717) is 16.8 Å². The Balaban J connectivity index is 1.96. The van der Waals surface area contributed by atoms with Crippen LogP contribution in [0.3, 0.4) is 0 Å². The summed E-state index contributed by atoms with van der Waals surface area (Å²) in [6.07, 6.45) is 3.04. The molecule has 21 heavy (non-hydrogen) atoms. The van der Waals surface area contributed by atoms with Crippen molar-refractivity contribution in [2.75, 3.05) is 0 Å². The van der Waals surface area contributed by atoms with E-state index in [1.54, 1.807) is 13.0 Å². The van der Waals surface area contributed by atoms with E-state index in [9.17, 15) is 9.59 Å². The van der Waals surface area contributed by atoms with Crippen LogP contribution in [0.2, 0.25) is 0 Å². The first kappa shape index (κ1) is 14.8. The summed E-state index contributed by atoms with van der Waals surface area (Å²) in [5, 5.41) is 0. The van der Waals surface area contributed by atoms with E-state index in [4.69, 9.17) is 10.6 Å². The lowest BCUT2D eigenvalue weighted by Crippen LogP contribution is -2.29. The van der Waals surface area contributed by atoms with Gasteiger partial charge >= 0.3 is 0 Å². The molecule has 1 unspecified atom stereocenters. The van der Waals surface area contributed by atoms with E-state index < -0.39 is 5.91 Å². The van der Waals surface area contributed by atoms with Gasteiger partial charge in [-0.1, -0.05) is 37.3 Å². The molecule has 1 atom stereocenters. The summed E-state index contributed by atoms with van der Waals surface area (Å²) in [7, 11) is 0. The molecule has 0 aliphatic heterocycles. The molecule has 1 amide bonds. The van der Waals surface area contributed by atoms with Gasteiger partial charge in [-0.2, -0.15) is 0 Å². The fraction of sp³-hybridized carbons (Fsp3) is 0.188. The van der Waals surface area contributed by atoms with Crippen LogP contribution in [0.1, 0.15) is 12.5 Å². The van der Waals surface area contributed by atoms with Crippen molar-refractivity contribution in [2.24, 2.45) is 11.7 Å². The average Bonchev–Trinajstić information content (AvgIpc) is 2.51. The third-order valence-corrected chi connectivity index (χ3v) is 3.28. The molecule has 5 heteroatoms. The number of carbonyl (C=O) groups is 1. The SMILES string of the molecule is CC1C(=C=O)C=CC(C(=O)NOCc2ccccc2)=C1N. The minimum Gasteiger partial charge on any atom is -0.401 e. The first-order valence-electron chi connectivity index (χ1n) is 6.52. The molecule has 1 aromatic carbocycles. The molecule has 108 valence electrons. The molecule has 5 nitrogen and oxygen atoms in total. The molecule has 0 radical (unpaired) electrons. The molecule has 0 aromatic heterocycles. The van der Waals surface area contributed by atoms with Crippen molar-refractivity contribution in [2.45, 2.75) is 13.5 Å². The Labute approximate surface area is 122 Å². The standard InChI is InChI=1S/C16H16N2O3/c1-11-13(9-19)7-8-14(15(11)17)16(20)18-21-10-12-5-3-2-4-6-12/h2-8,11H,10,17H2,1H3,(H,18,20). The molecule has 0 saturated carbocycles. The number of nitrogens with one attached hydrogen (secondary N) is 1. The lowest BCUT2D eigenvalue weighted by Gasteiger charge is -2.18. The van der Waals surface area contributed by atoms with Crippen molar-refractivity contribution in [3.05, 3.63) is 64.9 Å². The molecule has 0 bridgehead atoms. The van der Waals surface area contributed by atoms with E-state index in [-0.39, 0.29) is 12.5 Å². The minimum absolute atomic E-state index is 0.262. The highest BCUT2D eigenvalue weighted by Crippen LogP contribution is 2.24. The van der Waals surface area contributed by atoms with Crippen LogP contribution in [0.4, 0.5) is 0 Å². The second-order valence-corrected chi connectivity index (χ2v) is 4.69. The van der Waals surface area contributed by atoms with Gasteiger partial charge in [-0.25, -0.2) is 10.3 Å². The highest BCUT2D eigenvalue weighted by atomic mass is 16.6. The zero-order valence-corrected chi connectivity index (χ0v) is 11.6. The normalized spacial score (nSPS) is 17.6. The molecule has 0 saturated heterocycles. The Morgan fingerprint density at radius 2 is 2.05 bits per heavy atom. The summed E-state index contributed by atoms with van der Waals surface area (Å²) in [5.74, 6) is 1.05. The molecule has 1 aromatic rings. The van der Waals surface area contributed by atoms with Gasteiger partial charge in [0.1, 0.15) is 5.94 Å². The molecular formula is C16H16N2O3. The number of amides is 1. The van der Waals surface area contributed by atoms with Gasteiger partial charge < -0.3 is 5.73 Å². The van der Waals surface area contributed by atoms with Crippen molar-refractivity contribution in [3.8, 4) is 0 Å². The summed E-state index contributed by atoms with van der Waals surface area (Å²) < 4.78 is 0. The smallest absolute Gasteiger partial charge is 0.276 e. The molecule has 0 heterocycles. The highest BCUT2D eigenvalue weighted by molar-refractivity contribution is 5.97. The van der Waals surface area contributed by atoms with Crippen LogP contribution in [-0.2, 0) is 21.0 Å². The van der Waals surface area contributed by atoms with Crippen molar-refractivity contribution < 1.29 is 14.4 Å². The molecule has 1 aliphatic carbocycles. The average molecular weight is 284 g/mol. The molecule has 3 N–H and O–H groups in total. The van der Waals surface area contributed by atoms with Gasteiger partial charge in [-0.05, 0) is 17.7 Å². The number of hydrogen-bond acceptors (Lipinski definition) is 4. The van der Waals surface area contributed by atoms with Crippen molar-refractivity contribution in [1.29, 1.82) is 0 Å². The van der Waals surface area contributed by atoms with Crippen LogP contribution in [0.5, 0.6) is 0 Å². The fourth-order valence-corrected chi connectivity index (χ4v) is 1.96. The van der Waals surface area contributed by atoms with E-state index >= 15 is 0 Å². The summed E-state index contributed by atoms with van der Waals surface area (Å²) >= 11 is 0. The predicted octanol–water partition coefficient (Wildman–Crippen LogP) is 1.41. The quantitative estimate of drug-likeness (QED) is 0.647. The Kier molecular flexibility index (Phi) is 4.72. The second kappa shape index (κ2) is 6.70. The Bertz CT molecular complexity index is 641. The maximum Gasteiger partial charge on any atom is 0.276 e. The maximum absolute atomic E-state index is 12.0. The number of allylic oxidation sites excluding steroid dienone is 2. The molecule has 0 fully saturated rings. The monoisotopic (exact) mass is 284 g/mol. The number of nitrogens with two attached hydrogens (primary N) is 1. The van der Waals surface area contributed by atoms with Gasteiger partial charge in [0.05, 0.1) is 12.2 Å². The van der Waals surface area contributed by atoms with Gasteiger partial charge in [0.15, 0.2) is 0 Å². The van der Waals surface area contributed by atoms with Crippen LogP contribution in [-0.4, -0.2) is 11.8 Å². The van der Waals surface area contributed by atoms with Gasteiger partial charge in [0.25, 0.3) is 5.91 Å². The van der Waals surface area contributed by atoms with Gasteiger partial charge in [0.2, 0.25) is 0 Å². The van der Waals surface area contributed by atoms with E-state index in [1.165, 1.54) is 6.08 Å². The second-order valence-electron chi connectivity index (χ2n) is 4.69.